The third-order valence-corrected chi connectivity index (χ3v) is 4.44. The molecule has 2 aromatic carbocycles. The van der Waals surface area contributed by atoms with Gasteiger partial charge in [-0.05, 0) is 49.2 Å². The predicted octanol–water partition coefficient (Wildman–Crippen LogP) is 3.70. The van der Waals surface area contributed by atoms with Crippen LogP contribution in [-0.2, 0) is 4.79 Å². The molecule has 4 heteroatoms. The number of H-pyrrole nitrogens is 1. The van der Waals surface area contributed by atoms with Gasteiger partial charge in [-0.3, -0.25) is 4.79 Å². The van der Waals surface area contributed by atoms with Crippen molar-refractivity contribution in [2.24, 2.45) is 0 Å². The van der Waals surface area contributed by atoms with Crippen LogP contribution in [0.5, 0.6) is 0 Å². The van der Waals surface area contributed by atoms with Crippen molar-refractivity contribution in [3.63, 3.8) is 0 Å². The zero-order valence-corrected chi connectivity index (χ0v) is 13.3. The van der Waals surface area contributed by atoms with Gasteiger partial charge in [0.15, 0.2) is 0 Å². The maximum Gasteiger partial charge on any atom is 0.227 e. The monoisotopic (exact) mass is 305 g/mol. The first-order valence-corrected chi connectivity index (χ1v) is 7.93. The van der Waals surface area contributed by atoms with E-state index >= 15 is 0 Å². The van der Waals surface area contributed by atoms with Gasteiger partial charge < -0.3 is 9.88 Å². The Labute approximate surface area is 135 Å². The number of aromatic nitrogens is 2. The van der Waals surface area contributed by atoms with Crippen LogP contribution in [0.15, 0.2) is 42.5 Å². The quantitative estimate of drug-likeness (QED) is 0.785. The number of anilines is 1. The summed E-state index contributed by atoms with van der Waals surface area (Å²) in [5.41, 5.74) is 5.34. The van der Waals surface area contributed by atoms with Gasteiger partial charge in [0.1, 0.15) is 5.82 Å². The van der Waals surface area contributed by atoms with Gasteiger partial charge in [-0.1, -0.05) is 18.2 Å². The highest BCUT2D eigenvalue weighted by Crippen LogP contribution is 2.32. The van der Waals surface area contributed by atoms with E-state index < -0.39 is 0 Å². The molecule has 1 aliphatic rings. The molecule has 0 radical (unpaired) electrons. The lowest BCUT2D eigenvalue weighted by Crippen LogP contribution is -2.24. The van der Waals surface area contributed by atoms with E-state index in [1.54, 1.807) is 0 Å². The number of carbonyl (C=O) groups is 1. The van der Waals surface area contributed by atoms with Crippen LogP contribution in [-0.4, -0.2) is 22.4 Å². The first-order valence-electron chi connectivity index (χ1n) is 7.93. The number of hydrogen-bond acceptors (Lipinski definition) is 2. The van der Waals surface area contributed by atoms with E-state index in [0.717, 1.165) is 22.5 Å². The van der Waals surface area contributed by atoms with Gasteiger partial charge in [0, 0.05) is 24.6 Å². The summed E-state index contributed by atoms with van der Waals surface area (Å²) in [4.78, 5) is 22.4. The van der Waals surface area contributed by atoms with Gasteiger partial charge in [-0.2, -0.15) is 0 Å². The van der Waals surface area contributed by atoms with Crippen LogP contribution in [0.25, 0.3) is 11.0 Å². The van der Waals surface area contributed by atoms with Crippen molar-refractivity contribution in [3.05, 3.63) is 59.4 Å². The van der Waals surface area contributed by atoms with Crippen LogP contribution in [0.2, 0.25) is 0 Å². The number of hydrogen-bond donors (Lipinski definition) is 1. The Morgan fingerprint density at radius 1 is 1.13 bits per heavy atom. The van der Waals surface area contributed by atoms with E-state index in [2.05, 4.69) is 42.0 Å². The molecule has 2 heterocycles. The zero-order valence-electron chi connectivity index (χ0n) is 13.3. The molecule has 1 aromatic heterocycles. The van der Waals surface area contributed by atoms with Crippen molar-refractivity contribution < 1.29 is 4.79 Å². The summed E-state index contributed by atoms with van der Waals surface area (Å²) in [6, 6.07) is 14.3. The highest BCUT2D eigenvalue weighted by molar-refractivity contribution is 5.96. The molecule has 116 valence electrons. The Morgan fingerprint density at radius 3 is 2.61 bits per heavy atom. The molecular weight excluding hydrogens is 286 g/mol. The van der Waals surface area contributed by atoms with Gasteiger partial charge in [0.05, 0.1) is 11.0 Å². The van der Waals surface area contributed by atoms with Gasteiger partial charge in [0.2, 0.25) is 5.91 Å². The third kappa shape index (κ3) is 2.50. The molecule has 1 atom stereocenters. The van der Waals surface area contributed by atoms with Gasteiger partial charge in [-0.25, -0.2) is 4.98 Å². The minimum Gasteiger partial charge on any atom is -0.342 e. The lowest BCUT2D eigenvalue weighted by atomic mass is 10.1. The summed E-state index contributed by atoms with van der Waals surface area (Å²) in [5, 5.41) is 0. The number of fused-ring (bicyclic) bond motifs is 1. The maximum atomic E-state index is 12.5. The fraction of sp³-hybridized carbons (Fsp3) is 0.263. The number of aryl methyl sites for hydroxylation is 2. The molecule has 0 saturated carbocycles. The highest BCUT2D eigenvalue weighted by Gasteiger charge is 2.33. The van der Waals surface area contributed by atoms with Crippen LogP contribution in [0.1, 0.15) is 29.3 Å². The van der Waals surface area contributed by atoms with Gasteiger partial charge >= 0.3 is 0 Å². The maximum absolute atomic E-state index is 12.5. The molecular formula is C19H19N3O. The minimum atomic E-state index is 0.121. The van der Waals surface area contributed by atoms with E-state index in [4.69, 9.17) is 0 Å². The van der Waals surface area contributed by atoms with Crippen LogP contribution >= 0.6 is 0 Å². The molecule has 23 heavy (non-hydrogen) atoms. The van der Waals surface area contributed by atoms with Crippen molar-refractivity contribution in [1.82, 2.24) is 9.97 Å². The molecule has 0 aliphatic carbocycles. The zero-order chi connectivity index (χ0) is 16.0. The predicted molar refractivity (Wildman–Crippen MR) is 91.7 cm³/mol. The largest absolute Gasteiger partial charge is 0.342 e. The number of rotatable bonds is 2. The fourth-order valence-corrected chi connectivity index (χ4v) is 3.41. The molecule has 0 unspecified atom stereocenters. The van der Waals surface area contributed by atoms with Crippen molar-refractivity contribution >= 4 is 22.6 Å². The highest BCUT2D eigenvalue weighted by atomic mass is 16.2. The number of imidazole rings is 1. The van der Waals surface area contributed by atoms with Crippen LogP contribution in [0.3, 0.4) is 0 Å². The number of nitrogens with one attached hydrogen (secondary N) is 1. The van der Waals surface area contributed by atoms with Crippen molar-refractivity contribution in [2.75, 3.05) is 11.4 Å². The molecule has 4 nitrogen and oxygen atoms in total. The number of para-hydroxylation sites is 2. The first kappa shape index (κ1) is 14.0. The average Bonchev–Trinajstić information content (AvgIpc) is 3.09. The Hall–Kier alpha value is -2.62. The summed E-state index contributed by atoms with van der Waals surface area (Å²) in [6.07, 6.45) is 0.507. The van der Waals surface area contributed by atoms with Crippen molar-refractivity contribution in [2.45, 2.75) is 26.2 Å². The number of aromatic amines is 1. The average molecular weight is 305 g/mol. The van der Waals surface area contributed by atoms with Crippen molar-refractivity contribution in [3.8, 4) is 0 Å². The lowest BCUT2D eigenvalue weighted by Gasteiger charge is -2.17. The SMILES string of the molecule is Cc1cc(C)cc(N2C[C@H](c3nc4ccccc4[nH]3)CC2=O)c1. The Balaban J connectivity index is 1.65. The van der Waals surface area contributed by atoms with E-state index in [1.165, 1.54) is 11.1 Å². The standard InChI is InChI=1S/C19H19N3O/c1-12-7-13(2)9-15(8-12)22-11-14(10-18(22)23)19-20-16-5-3-4-6-17(16)21-19/h3-9,14H,10-11H2,1-2H3,(H,20,21)/t14-/m1/s1. The van der Waals surface area contributed by atoms with Crippen LogP contribution in [0.4, 0.5) is 5.69 Å². The van der Waals surface area contributed by atoms with E-state index in [1.807, 2.05) is 29.2 Å². The molecule has 0 bridgehead atoms. The molecule has 0 spiro atoms. The molecule has 1 aliphatic heterocycles. The van der Waals surface area contributed by atoms with Gasteiger partial charge in [0.25, 0.3) is 0 Å². The second-order valence-corrected chi connectivity index (χ2v) is 6.39. The molecule has 4 rings (SSSR count). The molecule has 1 amide bonds. The summed E-state index contributed by atoms with van der Waals surface area (Å²) in [7, 11) is 0. The normalized spacial score (nSPS) is 18.1. The molecule has 1 fully saturated rings. The van der Waals surface area contributed by atoms with E-state index in [-0.39, 0.29) is 11.8 Å². The van der Waals surface area contributed by atoms with Crippen LogP contribution < -0.4 is 4.90 Å². The Kier molecular flexibility index (Phi) is 3.18. The van der Waals surface area contributed by atoms with Gasteiger partial charge in [-0.15, -0.1) is 0 Å². The smallest absolute Gasteiger partial charge is 0.227 e. The number of nitrogens with zero attached hydrogens (tertiary/aromatic N) is 2. The summed E-state index contributed by atoms with van der Waals surface area (Å²) in [5.74, 6) is 1.20. The minimum absolute atomic E-state index is 0.121. The van der Waals surface area contributed by atoms with Crippen molar-refractivity contribution in [1.29, 1.82) is 0 Å². The summed E-state index contributed by atoms with van der Waals surface area (Å²) < 4.78 is 0. The number of carbonyl (C=O) groups excluding carboxylic acids is 1. The first-order chi connectivity index (χ1) is 11.1. The lowest BCUT2D eigenvalue weighted by molar-refractivity contribution is -0.117. The fourth-order valence-electron chi connectivity index (χ4n) is 3.41. The third-order valence-electron chi connectivity index (χ3n) is 4.44. The number of benzene rings is 2. The summed E-state index contributed by atoms with van der Waals surface area (Å²) >= 11 is 0. The number of amides is 1. The second-order valence-electron chi connectivity index (χ2n) is 6.39. The molecule has 3 aromatic rings. The summed E-state index contributed by atoms with van der Waals surface area (Å²) in [6.45, 7) is 4.81. The van der Waals surface area contributed by atoms with E-state index in [0.29, 0.717) is 13.0 Å². The molecule has 1 N–H and O–H groups in total. The topological polar surface area (TPSA) is 49.0 Å². The Morgan fingerprint density at radius 2 is 1.87 bits per heavy atom. The van der Waals surface area contributed by atoms with Crippen LogP contribution in [0, 0.1) is 13.8 Å². The Bertz CT molecular complexity index is 843. The molecule has 1 saturated heterocycles. The second kappa shape index (κ2) is 5.23. The van der Waals surface area contributed by atoms with E-state index in [9.17, 15) is 4.79 Å².